The number of nitrogens with zero attached hydrogens (tertiary/aromatic N) is 2. The molecule has 0 saturated heterocycles. The molecule has 0 spiro atoms. The first-order valence-corrected chi connectivity index (χ1v) is 15.7. The largest absolute Gasteiger partial charge is 0.497 e. The molecule has 6 nitrogen and oxygen atoms in total. The molecular formula is C42H36N2O4. The first-order valence-electron chi connectivity index (χ1n) is 15.7. The van der Waals surface area contributed by atoms with Crippen molar-refractivity contribution >= 4 is 45.9 Å². The van der Waals surface area contributed by atoms with Crippen LogP contribution >= 0.6 is 0 Å². The molecule has 0 fully saturated rings. The van der Waals surface area contributed by atoms with E-state index >= 15 is 0 Å². The van der Waals surface area contributed by atoms with Gasteiger partial charge in [-0.2, -0.15) is 0 Å². The molecule has 0 saturated carbocycles. The summed E-state index contributed by atoms with van der Waals surface area (Å²) in [6.45, 7) is 5.59. The number of para-hydroxylation sites is 2. The minimum atomic E-state index is -0.483. The lowest BCUT2D eigenvalue weighted by molar-refractivity contribution is 0.0734. The lowest BCUT2D eigenvalue weighted by Gasteiger charge is -2.30. The van der Waals surface area contributed by atoms with E-state index in [1.165, 1.54) is 6.92 Å². The smallest absolute Gasteiger partial charge is 0.343 e. The predicted octanol–water partition coefficient (Wildman–Crippen LogP) is 10.7. The van der Waals surface area contributed by atoms with Crippen LogP contribution in [0.3, 0.4) is 0 Å². The second-order valence-corrected chi connectivity index (χ2v) is 11.5. The Kier molecular flexibility index (Phi) is 9.35. The number of carbonyl (C=O) groups excluding carboxylic acids is 2. The molecule has 0 N–H and O–H groups in total. The van der Waals surface area contributed by atoms with Crippen LogP contribution in [0.2, 0.25) is 0 Å². The van der Waals surface area contributed by atoms with Crippen LogP contribution < -0.4 is 19.3 Å². The van der Waals surface area contributed by atoms with Crippen molar-refractivity contribution in [3.8, 4) is 11.5 Å². The van der Waals surface area contributed by atoms with E-state index in [4.69, 9.17) is 9.47 Å². The summed E-state index contributed by atoms with van der Waals surface area (Å²) in [5.41, 5.74) is 8.99. The van der Waals surface area contributed by atoms with Gasteiger partial charge in [0.05, 0.1) is 12.7 Å². The van der Waals surface area contributed by atoms with Gasteiger partial charge in [0.25, 0.3) is 0 Å². The van der Waals surface area contributed by atoms with Crippen molar-refractivity contribution in [3.05, 3.63) is 168 Å². The first-order chi connectivity index (χ1) is 23.3. The molecule has 0 atom stereocenters. The van der Waals surface area contributed by atoms with E-state index in [9.17, 15) is 9.59 Å². The summed E-state index contributed by atoms with van der Waals surface area (Å²) in [5, 5.41) is 0. The number of ether oxygens (including phenoxy) is 2. The fourth-order valence-electron chi connectivity index (χ4n) is 5.71. The standard InChI is InChI=1S/C42H36N2O4/c1-29-27-38(47-4)23-25-40(29)43(34-11-7-5-8-12-34)36-19-21-37(22-20-36)44(35-13-9-6-10-14-35)41-26-24-39(28-30(41)2)48-42(46)33-17-15-32(16-18-33)31(3)45/h5-28H,1-4H3. The first kappa shape index (κ1) is 31.8. The number of carbonyl (C=O) groups is 2. The van der Waals surface area contributed by atoms with E-state index < -0.39 is 5.97 Å². The van der Waals surface area contributed by atoms with Gasteiger partial charge in [-0.25, -0.2) is 4.79 Å². The number of ketones is 1. The molecule has 0 amide bonds. The molecule has 6 rings (SSSR count). The van der Waals surface area contributed by atoms with Gasteiger partial charge < -0.3 is 19.3 Å². The molecule has 0 heterocycles. The zero-order valence-corrected chi connectivity index (χ0v) is 27.4. The molecule has 0 unspecified atom stereocenters. The number of Topliss-reactive ketones (excluding diaryl/α,β-unsaturated/α-hetero) is 1. The van der Waals surface area contributed by atoms with E-state index in [1.54, 1.807) is 37.4 Å². The highest BCUT2D eigenvalue weighted by Crippen LogP contribution is 2.41. The highest BCUT2D eigenvalue weighted by molar-refractivity contribution is 5.96. The van der Waals surface area contributed by atoms with Gasteiger partial charge >= 0.3 is 5.97 Å². The summed E-state index contributed by atoms with van der Waals surface area (Å²) in [5.74, 6) is 0.716. The van der Waals surface area contributed by atoms with Crippen molar-refractivity contribution in [1.29, 1.82) is 0 Å². The van der Waals surface area contributed by atoms with Crippen molar-refractivity contribution in [1.82, 2.24) is 0 Å². The van der Waals surface area contributed by atoms with Crippen molar-refractivity contribution < 1.29 is 19.1 Å². The molecule has 0 aliphatic heterocycles. The van der Waals surface area contributed by atoms with E-state index in [-0.39, 0.29) is 5.78 Å². The number of methoxy groups -OCH3 is 1. The quantitative estimate of drug-likeness (QED) is 0.0851. The second-order valence-electron chi connectivity index (χ2n) is 11.5. The maximum absolute atomic E-state index is 12.9. The van der Waals surface area contributed by atoms with Crippen molar-refractivity contribution in [3.63, 3.8) is 0 Å². The van der Waals surface area contributed by atoms with Gasteiger partial charge in [0.15, 0.2) is 5.78 Å². The Morgan fingerprint density at radius 1 is 0.500 bits per heavy atom. The fraction of sp³-hybridized carbons (Fsp3) is 0.0952. The van der Waals surface area contributed by atoms with Gasteiger partial charge in [-0.15, -0.1) is 0 Å². The third-order valence-electron chi connectivity index (χ3n) is 8.19. The van der Waals surface area contributed by atoms with Crippen LogP contribution in [0.4, 0.5) is 34.1 Å². The molecule has 6 heteroatoms. The topological polar surface area (TPSA) is 59.1 Å². The number of aryl methyl sites for hydroxylation is 2. The Balaban J connectivity index is 1.33. The highest BCUT2D eigenvalue weighted by atomic mass is 16.5. The SMILES string of the molecule is COc1ccc(N(c2ccccc2)c2ccc(N(c3ccccc3)c3ccc(OC(=O)c4ccc(C(C)=O)cc4)cc3C)cc2)c(C)c1. The number of rotatable bonds is 10. The average Bonchev–Trinajstić information content (AvgIpc) is 3.11. The van der Waals surface area contributed by atoms with Crippen LogP contribution in [0, 0.1) is 13.8 Å². The Labute approximate surface area is 281 Å². The third-order valence-corrected chi connectivity index (χ3v) is 8.19. The van der Waals surface area contributed by atoms with Gasteiger partial charge in [-0.3, -0.25) is 4.79 Å². The molecule has 6 aromatic rings. The number of anilines is 6. The molecule has 0 radical (unpaired) electrons. The van der Waals surface area contributed by atoms with Gasteiger partial charge in [0.1, 0.15) is 11.5 Å². The monoisotopic (exact) mass is 632 g/mol. The molecule has 6 aromatic carbocycles. The molecule has 0 aliphatic carbocycles. The summed E-state index contributed by atoms with van der Waals surface area (Å²) in [7, 11) is 1.68. The Morgan fingerprint density at radius 3 is 1.35 bits per heavy atom. The minimum Gasteiger partial charge on any atom is -0.497 e. The van der Waals surface area contributed by atoms with Crippen molar-refractivity contribution in [2.24, 2.45) is 0 Å². The summed E-state index contributed by atoms with van der Waals surface area (Å²) in [6, 6.07) is 47.2. The van der Waals surface area contributed by atoms with Gasteiger partial charge in [0.2, 0.25) is 0 Å². The molecule has 0 bridgehead atoms. The molecule has 0 aliphatic rings. The Bertz CT molecular complexity index is 2040. The summed E-state index contributed by atoms with van der Waals surface area (Å²) >= 11 is 0. The zero-order chi connectivity index (χ0) is 33.6. The highest BCUT2D eigenvalue weighted by Gasteiger charge is 2.19. The van der Waals surface area contributed by atoms with Crippen LogP contribution in [0.1, 0.15) is 38.8 Å². The summed E-state index contributed by atoms with van der Waals surface area (Å²) in [4.78, 5) is 28.9. The molecule has 238 valence electrons. The van der Waals surface area contributed by atoms with Crippen LogP contribution in [-0.4, -0.2) is 18.9 Å². The van der Waals surface area contributed by atoms with Gasteiger partial charge in [-0.05, 0) is 129 Å². The Morgan fingerprint density at radius 2 is 0.917 bits per heavy atom. The maximum Gasteiger partial charge on any atom is 0.343 e. The van der Waals surface area contributed by atoms with Crippen LogP contribution in [0.15, 0.2) is 146 Å². The number of esters is 1. The minimum absolute atomic E-state index is 0.0559. The maximum atomic E-state index is 12.9. The van der Waals surface area contributed by atoms with E-state index in [0.717, 1.165) is 51.0 Å². The number of hydrogen-bond acceptors (Lipinski definition) is 6. The molecular weight excluding hydrogens is 596 g/mol. The van der Waals surface area contributed by atoms with Gasteiger partial charge in [-0.1, -0.05) is 48.5 Å². The predicted molar refractivity (Wildman–Crippen MR) is 193 cm³/mol. The Hall–Kier alpha value is -6.14. The normalized spacial score (nSPS) is 10.7. The second kappa shape index (κ2) is 14.1. The lowest BCUT2D eigenvalue weighted by atomic mass is 10.1. The zero-order valence-electron chi connectivity index (χ0n) is 27.4. The van der Waals surface area contributed by atoms with Crippen molar-refractivity contribution in [2.75, 3.05) is 16.9 Å². The van der Waals surface area contributed by atoms with Crippen molar-refractivity contribution in [2.45, 2.75) is 20.8 Å². The van der Waals surface area contributed by atoms with E-state index in [2.05, 4.69) is 71.3 Å². The van der Waals surface area contributed by atoms with Gasteiger partial charge in [0, 0.05) is 39.7 Å². The summed E-state index contributed by atoms with van der Waals surface area (Å²) < 4.78 is 11.2. The molecule has 48 heavy (non-hydrogen) atoms. The number of hydrogen-bond donors (Lipinski definition) is 0. The molecule has 0 aromatic heterocycles. The lowest BCUT2D eigenvalue weighted by Crippen LogP contribution is -2.14. The fourth-order valence-corrected chi connectivity index (χ4v) is 5.71. The summed E-state index contributed by atoms with van der Waals surface area (Å²) in [6.07, 6.45) is 0. The van der Waals surface area contributed by atoms with Crippen LogP contribution in [-0.2, 0) is 0 Å². The third kappa shape index (κ3) is 6.83. The van der Waals surface area contributed by atoms with Crippen LogP contribution in [0.25, 0.3) is 0 Å². The van der Waals surface area contributed by atoms with Crippen LogP contribution in [0.5, 0.6) is 11.5 Å². The van der Waals surface area contributed by atoms with E-state index in [1.807, 2.05) is 67.6 Å². The number of benzene rings is 6. The van der Waals surface area contributed by atoms with E-state index in [0.29, 0.717) is 16.9 Å². The average molecular weight is 633 g/mol.